The zero-order chi connectivity index (χ0) is 11.8. The minimum absolute atomic E-state index is 0.287. The minimum Gasteiger partial charge on any atom is -0.477 e. The first-order valence-corrected chi connectivity index (χ1v) is 5.55. The van der Waals surface area contributed by atoms with Crippen molar-refractivity contribution in [3.63, 3.8) is 0 Å². The predicted octanol–water partition coefficient (Wildman–Crippen LogP) is 1.78. The van der Waals surface area contributed by atoms with Crippen molar-refractivity contribution in [2.75, 3.05) is 0 Å². The first kappa shape index (κ1) is 9.91. The summed E-state index contributed by atoms with van der Waals surface area (Å²) in [6, 6.07) is 3.30. The molecule has 0 bridgehead atoms. The van der Waals surface area contributed by atoms with E-state index in [0.717, 1.165) is 10.3 Å². The number of H-pyrrole nitrogens is 1. The highest BCUT2D eigenvalue weighted by molar-refractivity contribution is 7.17. The van der Waals surface area contributed by atoms with Gasteiger partial charge < -0.3 is 5.11 Å². The molecule has 0 saturated heterocycles. The lowest BCUT2D eigenvalue weighted by Crippen LogP contribution is -1.89. The van der Waals surface area contributed by atoms with Crippen LogP contribution in [0.15, 0.2) is 24.7 Å². The van der Waals surface area contributed by atoms with Crippen molar-refractivity contribution in [2.45, 2.75) is 0 Å². The van der Waals surface area contributed by atoms with Gasteiger partial charge in [0.05, 0.1) is 22.2 Å². The fourth-order valence-corrected chi connectivity index (χ4v) is 2.40. The molecule has 0 atom stereocenters. The summed E-state index contributed by atoms with van der Waals surface area (Å²) in [5, 5.41) is 16.3. The molecule has 6 nitrogen and oxygen atoms in total. The van der Waals surface area contributed by atoms with Gasteiger partial charge in [0.1, 0.15) is 11.2 Å². The first-order chi connectivity index (χ1) is 8.25. The molecule has 0 spiro atoms. The number of hydrogen-bond acceptors (Lipinski definition) is 5. The van der Waals surface area contributed by atoms with E-state index in [1.807, 2.05) is 0 Å². The number of aromatic carboxylic acids is 1. The van der Waals surface area contributed by atoms with Gasteiger partial charge in [-0.15, -0.1) is 11.3 Å². The summed E-state index contributed by atoms with van der Waals surface area (Å²) in [5.41, 5.74) is 1.33. The summed E-state index contributed by atoms with van der Waals surface area (Å²) in [7, 11) is 0. The van der Waals surface area contributed by atoms with Gasteiger partial charge in [0.2, 0.25) is 0 Å². The standard InChI is InChI=1S/C10H6N4O2S/c15-10(16)7-2-1-6(17-7)8-5-3-13-14-9(5)12-4-11-8/h1-4H,(H,15,16)(H,11,12,13,14). The van der Waals surface area contributed by atoms with Crippen LogP contribution in [0.1, 0.15) is 9.67 Å². The third-order valence-electron chi connectivity index (χ3n) is 2.30. The van der Waals surface area contributed by atoms with Crippen LogP contribution in [-0.2, 0) is 0 Å². The summed E-state index contributed by atoms with van der Waals surface area (Å²) in [4.78, 5) is 20.1. The Bertz CT molecular complexity index is 703. The van der Waals surface area contributed by atoms with Crippen LogP contribution in [0.25, 0.3) is 21.6 Å². The average molecular weight is 246 g/mol. The number of carbonyl (C=O) groups is 1. The van der Waals surface area contributed by atoms with Crippen molar-refractivity contribution in [3.05, 3.63) is 29.5 Å². The Hall–Kier alpha value is -2.28. The normalized spacial score (nSPS) is 10.8. The Kier molecular flexibility index (Phi) is 2.12. The molecule has 7 heteroatoms. The molecule has 3 heterocycles. The van der Waals surface area contributed by atoms with Crippen LogP contribution < -0.4 is 0 Å². The number of carboxylic acids is 1. The lowest BCUT2D eigenvalue weighted by Gasteiger charge is -1.96. The van der Waals surface area contributed by atoms with Crippen molar-refractivity contribution in [3.8, 4) is 10.6 Å². The van der Waals surface area contributed by atoms with E-state index >= 15 is 0 Å². The quantitative estimate of drug-likeness (QED) is 0.719. The van der Waals surface area contributed by atoms with Gasteiger partial charge >= 0.3 is 5.97 Å². The van der Waals surface area contributed by atoms with Crippen LogP contribution in [0.4, 0.5) is 0 Å². The van der Waals surface area contributed by atoms with E-state index in [1.54, 1.807) is 18.3 Å². The molecule has 0 aliphatic heterocycles. The van der Waals surface area contributed by atoms with Gasteiger partial charge in [0.25, 0.3) is 0 Å². The number of thiophene rings is 1. The predicted molar refractivity (Wildman–Crippen MR) is 62.0 cm³/mol. The summed E-state index contributed by atoms with van der Waals surface area (Å²) in [6.07, 6.45) is 3.06. The van der Waals surface area contributed by atoms with Crippen molar-refractivity contribution < 1.29 is 9.90 Å². The Balaban J connectivity index is 2.19. The summed E-state index contributed by atoms with van der Waals surface area (Å²) < 4.78 is 0. The number of fused-ring (bicyclic) bond motifs is 1. The number of nitrogens with one attached hydrogen (secondary N) is 1. The van der Waals surface area contributed by atoms with E-state index in [4.69, 9.17) is 5.11 Å². The Labute approximate surface area is 99.0 Å². The fourth-order valence-electron chi connectivity index (χ4n) is 1.54. The van der Waals surface area contributed by atoms with Gasteiger partial charge in [0.15, 0.2) is 5.65 Å². The van der Waals surface area contributed by atoms with Crippen LogP contribution in [-0.4, -0.2) is 31.2 Å². The van der Waals surface area contributed by atoms with Crippen molar-refractivity contribution in [2.24, 2.45) is 0 Å². The number of aromatic amines is 1. The van der Waals surface area contributed by atoms with Gasteiger partial charge in [0, 0.05) is 0 Å². The number of rotatable bonds is 2. The molecular weight excluding hydrogens is 240 g/mol. The summed E-state index contributed by atoms with van der Waals surface area (Å²) in [6.45, 7) is 0. The first-order valence-electron chi connectivity index (χ1n) is 4.73. The lowest BCUT2D eigenvalue weighted by atomic mass is 10.2. The summed E-state index contributed by atoms with van der Waals surface area (Å²) in [5.74, 6) is -0.932. The Morgan fingerprint density at radius 2 is 2.24 bits per heavy atom. The van der Waals surface area contributed by atoms with Crippen LogP contribution in [0.3, 0.4) is 0 Å². The lowest BCUT2D eigenvalue weighted by molar-refractivity contribution is 0.0702. The van der Waals surface area contributed by atoms with E-state index in [2.05, 4.69) is 20.2 Å². The third kappa shape index (κ3) is 1.56. The van der Waals surface area contributed by atoms with Gasteiger partial charge in [-0.3, -0.25) is 5.10 Å². The van der Waals surface area contributed by atoms with E-state index < -0.39 is 5.97 Å². The maximum atomic E-state index is 10.8. The average Bonchev–Trinajstić information content (AvgIpc) is 2.97. The van der Waals surface area contributed by atoms with Crippen LogP contribution in [0.5, 0.6) is 0 Å². The topological polar surface area (TPSA) is 91.8 Å². The molecule has 0 amide bonds. The van der Waals surface area contributed by atoms with E-state index in [0.29, 0.717) is 11.3 Å². The summed E-state index contributed by atoms with van der Waals surface area (Å²) >= 11 is 1.18. The highest BCUT2D eigenvalue weighted by Gasteiger charge is 2.12. The van der Waals surface area contributed by atoms with E-state index in [1.165, 1.54) is 17.7 Å². The van der Waals surface area contributed by atoms with Crippen molar-refractivity contribution >= 4 is 28.3 Å². The maximum absolute atomic E-state index is 10.8. The molecule has 0 saturated carbocycles. The highest BCUT2D eigenvalue weighted by Crippen LogP contribution is 2.30. The van der Waals surface area contributed by atoms with Gasteiger partial charge in [-0.1, -0.05) is 0 Å². The van der Waals surface area contributed by atoms with Gasteiger partial charge in [-0.25, -0.2) is 14.8 Å². The SMILES string of the molecule is O=C(O)c1ccc(-c2ncnc3[nH]ncc23)s1. The molecule has 0 fully saturated rings. The van der Waals surface area contributed by atoms with Gasteiger partial charge in [-0.05, 0) is 12.1 Å². The number of aromatic nitrogens is 4. The van der Waals surface area contributed by atoms with Crippen molar-refractivity contribution in [1.82, 2.24) is 20.2 Å². The number of hydrogen-bond donors (Lipinski definition) is 2. The third-order valence-corrected chi connectivity index (χ3v) is 3.38. The molecule has 3 aromatic rings. The Morgan fingerprint density at radius 1 is 1.35 bits per heavy atom. The van der Waals surface area contributed by atoms with Crippen LogP contribution in [0.2, 0.25) is 0 Å². The molecule has 0 aromatic carbocycles. The second-order valence-electron chi connectivity index (χ2n) is 3.32. The van der Waals surface area contributed by atoms with E-state index in [-0.39, 0.29) is 4.88 Å². The smallest absolute Gasteiger partial charge is 0.345 e. The zero-order valence-electron chi connectivity index (χ0n) is 8.41. The molecule has 3 rings (SSSR count). The molecule has 0 radical (unpaired) electrons. The zero-order valence-corrected chi connectivity index (χ0v) is 9.23. The number of nitrogens with zero attached hydrogens (tertiary/aromatic N) is 3. The van der Waals surface area contributed by atoms with Crippen LogP contribution in [0, 0.1) is 0 Å². The van der Waals surface area contributed by atoms with Gasteiger partial charge in [-0.2, -0.15) is 5.10 Å². The second-order valence-corrected chi connectivity index (χ2v) is 4.41. The molecule has 84 valence electrons. The molecule has 2 N–H and O–H groups in total. The molecule has 0 aliphatic carbocycles. The second kappa shape index (κ2) is 3.63. The molecule has 17 heavy (non-hydrogen) atoms. The Morgan fingerprint density at radius 3 is 3.00 bits per heavy atom. The van der Waals surface area contributed by atoms with Crippen LogP contribution >= 0.6 is 11.3 Å². The largest absolute Gasteiger partial charge is 0.477 e. The van der Waals surface area contributed by atoms with Crippen molar-refractivity contribution in [1.29, 1.82) is 0 Å². The van der Waals surface area contributed by atoms with E-state index in [9.17, 15) is 4.79 Å². The highest BCUT2D eigenvalue weighted by atomic mass is 32.1. The molecule has 0 unspecified atom stereocenters. The monoisotopic (exact) mass is 246 g/mol. The molecule has 0 aliphatic rings. The molecular formula is C10H6N4O2S. The number of carboxylic acid groups (broad SMARTS) is 1. The maximum Gasteiger partial charge on any atom is 0.345 e. The minimum atomic E-state index is -0.932. The molecule has 3 aromatic heterocycles. The fraction of sp³-hybridized carbons (Fsp3) is 0.